The molecule has 1 atom stereocenters. The van der Waals surface area contributed by atoms with Gasteiger partial charge in [0.25, 0.3) is 5.91 Å². The van der Waals surface area contributed by atoms with Crippen molar-refractivity contribution in [1.29, 1.82) is 0 Å². The van der Waals surface area contributed by atoms with Crippen LogP contribution in [0.4, 0.5) is 0 Å². The Bertz CT molecular complexity index is 375. The van der Waals surface area contributed by atoms with Crippen molar-refractivity contribution in [3.63, 3.8) is 0 Å². The van der Waals surface area contributed by atoms with Crippen LogP contribution in [0.25, 0.3) is 0 Å². The van der Waals surface area contributed by atoms with Crippen LogP contribution in [0.2, 0.25) is 0 Å². The van der Waals surface area contributed by atoms with Crippen LogP contribution in [0.15, 0.2) is 5.38 Å². The van der Waals surface area contributed by atoms with Crippen molar-refractivity contribution >= 4 is 23.2 Å². The summed E-state index contributed by atoms with van der Waals surface area (Å²) in [5.74, 6) is -0.895. The average Bonchev–Trinajstić information content (AvgIpc) is 2.50. The highest BCUT2D eigenvalue weighted by atomic mass is 32.1. The van der Waals surface area contributed by atoms with Gasteiger partial charge in [-0.3, -0.25) is 9.59 Å². The monoisotopic (exact) mass is 226 g/mol. The van der Waals surface area contributed by atoms with Crippen LogP contribution in [-0.4, -0.2) is 16.8 Å². The molecule has 81 valence electrons. The number of amides is 2. The number of primary amides is 2. The summed E-state index contributed by atoms with van der Waals surface area (Å²) in [5, 5.41) is 2.27. The van der Waals surface area contributed by atoms with E-state index >= 15 is 0 Å². The van der Waals surface area contributed by atoms with Gasteiger partial charge in [0.1, 0.15) is 5.69 Å². The number of nitrogens with two attached hydrogens (primary N) is 2. The molecule has 0 saturated carbocycles. The topological polar surface area (TPSA) is 99.1 Å². The minimum absolute atomic E-state index is 0.00868. The number of rotatable bonds is 5. The van der Waals surface area contributed by atoms with E-state index in [-0.39, 0.29) is 23.9 Å². The normalized spacial score (nSPS) is 12.3. The summed E-state index contributed by atoms with van der Waals surface area (Å²) < 4.78 is 0. The lowest BCUT2D eigenvalue weighted by molar-refractivity contribution is -0.118. The van der Waals surface area contributed by atoms with Gasteiger partial charge in [-0.1, -0.05) is 6.92 Å². The van der Waals surface area contributed by atoms with E-state index in [2.05, 4.69) is 4.98 Å². The van der Waals surface area contributed by atoms with Crippen LogP contribution < -0.4 is 11.5 Å². The summed E-state index contributed by atoms with van der Waals surface area (Å²) in [4.78, 5) is 25.4. The van der Waals surface area contributed by atoms with Crippen LogP contribution in [0, 0.1) is 12.3 Å². The zero-order valence-corrected chi connectivity index (χ0v) is 9.08. The third-order valence-corrected chi connectivity index (χ3v) is 2.53. The fourth-order valence-corrected chi connectivity index (χ4v) is 1.96. The zero-order valence-electron chi connectivity index (χ0n) is 8.27. The van der Waals surface area contributed by atoms with E-state index in [1.54, 1.807) is 11.8 Å². The van der Waals surface area contributed by atoms with Crippen LogP contribution in [0.5, 0.6) is 0 Å². The Kier molecular flexibility index (Phi) is 3.79. The summed E-state index contributed by atoms with van der Waals surface area (Å²) in [6.45, 7) is 1.86. The predicted octanol–water partition coefficient (Wildman–Crippen LogP) is 0.306. The minimum atomic E-state index is -0.548. The molecule has 4 N–H and O–H groups in total. The molecule has 1 aromatic heterocycles. The fraction of sp³-hybridized carbons (Fsp3) is 0.333. The molecule has 0 fully saturated rings. The molecule has 2 amide bonds. The largest absolute Gasteiger partial charge is 0.370 e. The quantitative estimate of drug-likeness (QED) is 0.755. The number of carbonyl (C=O) groups excluding carboxylic acids is 2. The molecule has 0 unspecified atom stereocenters. The summed E-state index contributed by atoms with van der Waals surface area (Å²) in [5.41, 5.74) is 10.4. The molecule has 5 nitrogen and oxygen atoms in total. The van der Waals surface area contributed by atoms with Crippen molar-refractivity contribution < 1.29 is 9.59 Å². The van der Waals surface area contributed by atoms with Crippen molar-refractivity contribution in [2.45, 2.75) is 13.3 Å². The molecule has 0 bridgehead atoms. The highest BCUT2D eigenvalue weighted by Crippen LogP contribution is 2.17. The highest BCUT2D eigenvalue weighted by molar-refractivity contribution is 7.10. The summed E-state index contributed by atoms with van der Waals surface area (Å²) in [7, 11) is 0. The Morgan fingerprint density at radius 2 is 2.27 bits per heavy atom. The highest BCUT2D eigenvalue weighted by Gasteiger charge is 2.12. The van der Waals surface area contributed by atoms with Crippen molar-refractivity contribution in [2.75, 3.05) is 0 Å². The number of carbonyl (C=O) groups is 2. The lowest BCUT2D eigenvalue weighted by Gasteiger charge is -2.04. The molecule has 0 aliphatic heterocycles. The van der Waals surface area contributed by atoms with Crippen LogP contribution >= 0.6 is 11.3 Å². The maximum atomic E-state index is 10.8. The Hall–Kier alpha value is -1.43. The average molecular weight is 226 g/mol. The van der Waals surface area contributed by atoms with Crippen molar-refractivity contribution in [1.82, 2.24) is 4.98 Å². The van der Waals surface area contributed by atoms with Crippen molar-refractivity contribution in [3.05, 3.63) is 22.5 Å². The molecule has 1 heterocycles. The number of nitrogens with zero attached hydrogens (tertiary/aromatic N) is 1. The molecule has 1 radical (unpaired) electrons. The second-order valence-corrected chi connectivity index (χ2v) is 4.14. The Balaban J connectivity index is 2.57. The molecule has 15 heavy (non-hydrogen) atoms. The molecular formula is C9H12N3O2S. The van der Waals surface area contributed by atoms with E-state index < -0.39 is 5.91 Å². The van der Waals surface area contributed by atoms with E-state index in [0.29, 0.717) is 5.01 Å². The number of hydrogen-bond donors (Lipinski definition) is 2. The smallest absolute Gasteiger partial charge is 0.268 e. The van der Waals surface area contributed by atoms with Gasteiger partial charge in [0.2, 0.25) is 5.91 Å². The summed E-state index contributed by atoms with van der Waals surface area (Å²) >= 11 is 1.31. The molecule has 1 aromatic rings. The second kappa shape index (κ2) is 4.88. The fourth-order valence-electron chi connectivity index (χ4n) is 1.10. The Morgan fingerprint density at radius 1 is 1.60 bits per heavy atom. The molecule has 0 aliphatic carbocycles. The maximum absolute atomic E-state index is 10.8. The predicted molar refractivity (Wildman–Crippen MR) is 57.0 cm³/mol. The zero-order chi connectivity index (χ0) is 11.4. The van der Waals surface area contributed by atoms with E-state index in [4.69, 9.17) is 11.5 Å². The first-order valence-electron chi connectivity index (χ1n) is 4.37. The van der Waals surface area contributed by atoms with Crippen molar-refractivity contribution in [3.8, 4) is 0 Å². The van der Waals surface area contributed by atoms with Gasteiger partial charge in [-0.05, 0) is 5.92 Å². The number of aromatic nitrogens is 1. The first-order valence-corrected chi connectivity index (χ1v) is 5.25. The van der Waals surface area contributed by atoms with Gasteiger partial charge >= 0.3 is 0 Å². The first-order chi connectivity index (χ1) is 6.99. The lowest BCUT2D eigenvalue weighted by Crippen LogP contribution is -2.15. The molecule has 0 aliphatic rings. The number of thiazole rings is 1. The second-order valence-electron chi connectivity index (χ2n) is 3.25. The number of hydrogen-bond acceptors (Lipinski definition) is 4. The van der Waals surface area contributed by atoms with E-state index in [0.717, 1.165) is 0 Å². The molecule has 0 spiro atoms. The lowest BCUT2D eigenvalue weighted by atomic mass is 10.0. The third kappa shape index (κ3) is 3.67. The molecule has 1 rings (SSSR count). The molecule has 0 saturated heterocycles. The van der Waals surface area contributed by atoms with Crippen LogP contribution in [0.3, 0.4) is 0 Å². The minimum Gasteiger partial charge on any atom is -0.370 e. The standard InChI is InChI=1S/C9H12N3O2S/c1-5(2-7(10)13)3-8-12-6(4-15-8)9(11)14/h3-5H,2H2,1H3,(H2,10,13)(H2,11,14)/t5-/m1/s1. The Labute approximate surface area is 91.5 Å². The van der Waals surface area contributed by atoms with E-state index in [1.165, 1.54) is 11.3 Å². The van der Waals surface area contributed by atoms with Gasteiger partial charge < -0.3 is 11.5 Å². The molecular weight excluding hydrogens is 214 g/mol. The van der Waals surface area contributed by atoms with Gasteiger partial charge in [-0.2, -0.15) is 0 Å². The summed E-state index contributed by atoms with van der Waals surface area (Å²) in [6.07, 6.45) is 2.06. The van der Waals surface area contributed by atoms with Gasteiger partial charge in [-0.15, -0.1) is 11.3 Å². The SMILES string of the molecule is C[C@@H]([CH]c1nc(C(N)=O)cs1)CC(N)=O. The maximum Gasteiger partial charge on any atom is 0.268 e. The van der Waals surface area contributed by atoms with Crippen LogP contribution in [-0.2, 0) is 4.79 Å². The Morgan fingerprint density at radius 3 is 2.73 bits per heavy atom. The van der Waals surface area contributed by atoms with Gasteiger partial charge in [0.05, 0.1) is 5.01 Å². The third-order valence-electron chi connectivity index (χ3n) is 1.72. The van der Waals surface area contributed by atoms with Crippen molar-refractivity contribution in [2.24, 2.45) is 17.4 Å². The van der Waals surface area contributed by atoms with E-state index in [9.17, 15) is 9.59 Å². The molecule has 6 heteroatoms. The van der Waals surface area contributed by atoms with Gasteiger partial charge in [0, 0.05) is 18.2 Å². The van der Waals surface area contributed by atoms with Gasteiger partial charge in [-0.25, -0.2) is 4.98 Å². The first kappa shape index (κ1) is 11.6. The van der Waals surface area contributed by atoms with Crippen LogP contribution in [0.1, 0.15) is 28.8 Å². The van der Waals surface area contributed by atoms with Gasteiger partial charge in [0.15, 0.2) is 0 Å². The van der Waals surface area contributed by atoms with E-state index in [1.807, 2.05) is 6.92 Å². The summed E-state index contributed by atoms with van der Waals surface area (Å²) in [6, 6.07) is 0. The molecule has 0 aromatic carbocycles.